The topological polar surface area (TPSA) is 448 Å². The van der Waals surface area contributed by atoms with E-state index in [1.165, 1.54) is 308 Å². The second-order valence-electron chi connectivity index (χ2n) is 34.9. The Morgan fingerprint density at radius 2 is 0.136 bits per heavy atom. The van der Waals surface area contributed by atoms with Gasteiger partial charge in [0.2, 0.25) is 0 Å². The Bertz CT molecular complexity index is 1910. The molecule has 0 heterocycles. The summed E-state index contributed by atoms with van der Waals surface area (Å²) in [4.78, 5) is 121. The van der Waals surface area contributed by atoms with E-state index in [4.69, 9.17) is 61.3 Å². The summed E-state index contributed by atoms with van der Waals surface area (Å²) in [6.45, 7) is 26.1. The number of aliphatic carboxylic acids is 12. The van der Waals surface area contributed by atoms with Crippen LogP contribution in [-0.4, -0.2) is 133 Å². The lowest BCUT2D eigenvalue weighted by molar-refractivity contribution is -0.138. The SMILES string of the molecule is CCCCCCCC(=O)O.CCCCCCCC(=O)O.CCCCCCCC(=O)O.CCCCCCCC(=O)O.CCCCCCCC(=O)O.CCCCCCCC(=O)O.CCCCCCCCCC(=O)O.CCCCCCCCCC(=O)O.CCCCCCCCCC(=O)O.CCCCCCCCCC(=O)O.CCCCCCCCCC(=O)O.CCCCCCCCCC(=O)O. The normalized spacial score (nSPS) is 9.91. The van der Waals surface area contributed by atoms with Crippen LogP contribution >= 0.6 is 0 Å². The van der Waals surface area contributed by atoms with Crippen LogP contribution in [0.2, 0.25) is 0 Å². The molecule has 132 heavy (non-hydrogen) atoms. The fourth-order valence-electron chi connectivity index (χ4n) is 12.7. The van der Waals surface area contributed by atoms with E-state index in [2.05, 4.69) is 83.1 Å². The molecule has 0 atom stereocenters. The van der Waals surface area contributed by atoms with Crippen molar-refractivity contribution < 1.29 is 119 Å². The number of carboxylic acid groups (broad SMARTS) is 12. The summed E-state index contributed by atoms with van der Waals surface area (Å²) in [5, 5.41) is 99.7. The zero-order chi connectivity index (χ0) is 102. The van der Waals surface area contributed by atoms with Crippen LogP contribution in [0.3, 0.4) is 0 Å². The highest BCUT2D eigenvalue weighted by Crippen LogP contribution is 2.16. The first-order valence-corrected chi connectivity index (χ1v) is 53.9. The molecule has 0 fully saturated rings. The standard InChI is InChI=1S/6C10H20O2.6C8H16O2/c6*1-2-3-4-5-6-7-8-9-10(11)12;6*1-2-3-4-5-6-7-8(9)10/h6*2-9H2,1H3,(H,11,12);6*2-7H2,1H3,(H,9,10). The highest BCUT2D eigenvalue weighted by molar-refractivity contribution is 5.69. The van der Waals surface area contributed by atoms with E-state index in [0.29, 0.717) is 77.0 Å². The average molecular weight is 1900 g/mol. The van der Waals surface area contributed by atoms with Crippen LogP contribution in [0.15, 0.2) is 0 Å². The molecule has 0 aromatic carbocycles. The van der Waals surface area contributed by atoms with Gasteiger partial charge in [0.25, 0.3) is 0 Å². The van der Waals surface area contributed by atoms with E-state index < -0.39 is 71.6 Å². The number of unbranched alkanes of at least 4 members (excludes halogenated alkanes) is 60. The van der Waals surface area contributed by atoms with Crippen LogP contribution in [0.4, 0.5) is 0 Å². The lowest BCUT2D eigenvalue weighted by atomic mass is 10.1. The van der Waals surface area contributed by atoms with Crippen LogP contribution in [0.1, 0.15) is 622 Å². The van der Waals surface area contributed by atoms with Crippen LogP contribution in [-0.2, 0) is 57.5 Å². The van der Waals surface area contributed by atoms with E-state index in [1.807, 2.05) is 0 Å². The average Bonchev–Trinajstić information content (AvgIpc) is 1.08. The summed E-state index contributed by atoms with van der Waals surface area (Å²) >= 11 is 0. The summed E-state index contributed by atoms with van der Waals surface area (Å²) in [5.74, 6) is -8.00. The van der Waals surface area contributed by atoms with Crippen LogP contribution in [0.5, 0.6) is 0 Å². The molecule has 0 saturated carbocycles. The molecule has 0 radical (unpaired) electrons. The van der Waals surface area contributed by atoms with Crippen LogP contribution < -0.4 is 0 Å². The molecule has 0 spiro atoms. The van der Waals surface area contributed by atoms with Crippen molar-refractivity contribution in [2.75, 3.05) is 0 Å². The van der Waals surface area contributed by atoms with Crippen molar-refractivity contribution in [2.24, 2.45) is 0 Å². The van der Waals surface area contributed by atoms with Crippen molar-refractivity contribution >= 4 is 71.6 Å². The summed E-state index contributed by atoms with van der Waals surface area (Å²) in [6, 6.07) is 0. The molecule has 0 aromatic heterocycles. The van der Waals surface area contributed by atoms with Gasteiger partial charge in [0.1, 0.15) is 0 Å². The third kappa shape index (κ3) is 231. The molecule has 12 N–H and O–H groups in total. The molecule has 0 bridgehead atoms. The Hall–Kier alpha value is -6.36. The maximum atomic E-state index is 10.1. The minimum absolute atomic E-state index is 0.337. The van der Waals surface area contributed by atoms with Crippen molar-refractivity contribution in [3.8, 4) is 0 Å². The Labute approximate surface area is 808 Å². The van der Waals surface area contributed by atoms with Crippen molar-refractivity contribution in [1.29, 1.82) is 0 Å². The first kappa shape index (κ1) is 151. The van der Waals surface area contributed by atoms with Crippen molar-refractivity contribution in [2.45, 2.75) is 622 Å². The molecule has 24 nitrogen and oxygen atoms in total. The van der Waals surface area contributed by atoms with Gasteiger partial charge >= 0.3 is 71.6 Å². The largest absolute Gasteiger partial charge is 0.481 e. The highest BCUT2D eigenvalue weighted by atomic mass is 16.4. The molecule has 0 amide bonds. The van der Waals surface area contributed by atoms with Crippen LogP contribution in [0, 0.1) is 0 Å². The van der Waals surface area contributed by atoms with Gasteiger partial charge in [0, 0.05) is 77.0 Å². The van der Waals surface area contributed by atoms with Gasteiger partial charge in [0.05, 0.1) is 0 Å². The Balaban J connectivity index is -0.000000119. The fraction of sp³-hybridized carbons (Fsp3) is 0.889. The van der Waals surface area contributed by atoms with E-state index in [9.17, 15) is 57.5 Å². The van der Waals surface area contributed by atoms with Gasteiger partial charge in [-0.05, 0) is 77.0 Å². The summed E-state index contributed by atoms with van der Waals surface area (Å²) in [7, 11) is 0. The number of hydrogen-bond donors (Lipinski definition) is 12. The summed E-state index contributed by atoms with van der Waals surface area (Å²) < 4.78 is 0. The van der Waals surface area contributed by atoms with Crippen molar-refractivity contribution in [3.05, 3.63) is 0 Å². The third-order valence-electron chi connectivity index (χ3n) is 20.9. The number of rotatable bonds is 84. The molecular weight excluding hydrogens is 1680 g/mol. The fourth-order valence-corrected chi connectivity index (χ4v) is 12.7. The van der Waals surface area contributed by atoms with Gasteiger partial charge in [-0.1, -0.05) is 468 Å². The van der Waals surface area contributed by atoms with Crippen molar-refractivity contribution in [3.63, 3.8) is 0 Å². The lowest BCUT2D eigenvalue weighted by Crippen LogP contribution is -1.93. The Kier molecular flexibility index (Phi) is 169. The minimum Gasteiger partial charge on any atom is -0.481 e. The first-order chi connectivity index (χ1) is 63.2. The van der Waals surface area contributed by atoms with Gasteiger partial charge in [-0.2, -0.15) is 0 Å². The Morgan fingerprint density at radius 1 is 0.0909 bits per heavy atom. The molecule has 0 aliphatic heterocycles. The molecule has 24 heteroatoms. The summed E-state index contributed by atoms with van der Waals surface area (Å²) in [5.41, 5.74) is 0. The van der Waals surface area contributed by atoms with Gasteiger partial charge in [-0.25, -0.2) is 0 Å². The molecule has 0 rings (SSSR count). The predicted octanol–water partition coefficient (Wildman–Crippen LogP) is 33.9. The second kappa shape index (κ2) is 148. The van der Waals surface area contributed by atoms with E-state index >= 15 is 0 Å². The van der Waals surface area contributed by atoms with Crippen molar-refractivity contribution in [1.82, 2.24) is 0 Å². The second-order valence-corrected chi connectivity index (χ2v) is 34.9. The zero-order valence-corrected chi connectivity index (χ0v) is 87.7. The quantitative estimate of drug-likeness (QED) is 0.0252. The molecule has 0 aliphatic carbocycles. The molecule has 0 saturated heterocycles. The van der Waals surface area contributed by atoms with Gasteiger partial charge in [-0.15, -0.1) is 0 Å². The third-order valence-corrected chi connectivity index (χ3v) is 20.9. The van der Waals surface area contributed by atoms with Gasteiger partial charge in [0.15, 0.2) is 0 Å². The predicted molar refractivity (Wildman–Crippen MR) is 548 cm³/mol. The molecule has 0 aliphatic rings. The van der Waals surface area contributed by atoms with Gasteiger partial charge < -0.3 is 61.3 Å². The number of hydrogen-bond acceptors (Lipinski definition) is 12. The summed E-state index contributed by atoms with van der Waals surface area (Å²) in [6.07, 6.45) is 87.2. The lowest BCUT2D eigenvalue weighted by Gasteiger charge is -1.98. The molecule has 0 aromatic rings. The first-order valence-electron chi connectivity index (χ1n) is 53.9. The minimum atomic E-state index is -0.670. The van der Waals surface area contributed by atoms with Crippen LogP contribution in [0.25, 0.3) is 0 Å². The maximum absolute atomic E-state index is 10.1. The molecule has 792 valence electrons. The monoisotopic (exact) mass is 1900 g/mol. The van der Waals surface area contributed by atoms with E-state index in [1.54, 1.807) is 0 Å². The Morgan fingerprint density at radius 3 is 0.182 bits per heavy atom. The molecular formula is C108H216O24. The van der Waals surface area contributed by atoms with Gasteiger partial charge in [-0.3, -0.25) is 57.5 Å². The highest BCUT2D eigenvalue weighted by Gasteiger charge is 2.05. The smallest absolute Gasteiger partial charge is 0.303 e. The zero-order valence-electron chi connectivity index (χ0n) is 87.7. The number of carboxylic acids is 12. The van der Waals surface area contributed by atoms with E-state index in [0.717, 1.165) is 154 Å². The number of carbonyl (C=O) groups is 12. The maximum Gasteiger partial charge on any atom is 0.303 e. The molecule has 0 unspecified atom stereocenters. The van der Waals surface area contributed by atoms with E-state index in [-0.39, 0.29) is 0 Å².